The van der Waals surface area contributed by atoms with Crippen molar-refractivity contribution in [3.8, 4) is 5.75 Å². The van der Waals surface area contributed by atoms with Gasteiger partial charge >= 0.3 is 0 Å². The molecule has 0 bridgehead atoms. The third kappa shape index (κ3) is 4.30. The fraction of sp³-hybridized carbons (Fsp3) is 0.286. The van der Waals surface area contributed by atoms with Crippen LogP contribution in [-0.4, -0.2) is 6.10 Å². The molecule has 5 heteroatoms. The van der Waals surface area contributed by atoms with E-state index in [-0.39, 0.29) is 6.10 Å². The topological polar surface area (TPSA) is 21.3 Å². The fourth-order valence-electron chi connectivity index (χ4n) is 1.60. The van der Waals surface area contributed by atoms with Crippen LogP contribution in [0.4, 0.5) is 5.69 Å². The SMILES string of the molecule is CC(C)Oc1ccc(NCc2ccc(Cl)s2)cc1Cl. The van der Waals surface area contributed by atoms with Gasteiger partial charge in [0.2, 0.25) is 0 Å². The van der Waals surface area contributed by atoms with Crippen LogP contribution in [0.3, 0.4) is 0 Å². The summed E-state index contributed by atoms with van der Waals surface area (Å²) in [5.74, 6) is 0.710. The third-order valence-electron chi connectivity index (χ3n) is 2.39. The molecule has 0 radical (unpaired) electrons. The fourth-order valence-corrected chi connectivity index (χ4v) is 2.85. The first-order valence-corrected chi connectivity index (χ1v) is 7.56. The van der Waals surface area contributed by atoms with Gasteiger partial charge in [-0.25, -0.2) is 0 Å². The maximum absolute atomic E-state index is 6.18. The van der Waals surface area contributed by atoms with Crippen molar-refractivity contribution in [2.45, 2.75) is 26.5 Å². The van der Waals surface area contributed by atoms with Crippen LogP contribution in [-0.2, 0) is 6.54 Å². The predicted molar refractivity (Wildman–Crippen MR) is 83.9 cm³/mol. The molecule has 1 aromatic heterocycles. The Morgan fingerprint density at radius 3 is 2.58 bits per heavy atom. The Bertz CT molecular complexity index is 554. The molecule has 102 valence electrons. The Kier molecular flexibility index (Phi) is 4.97. The van der Waals surface area contributed by atoms with Crippen LogP contribution in [0.2, 0.25) is 9.36 Å². The molecule has 0 saturated carbocycles. The Labute approximate surface area is 127 Å². The summed E-state index contributed by atoms with van der Waals surface area (Å²) in [6, 6.07) is 9.62. The molecule has 2 rings (SSSR count). The van der Waals surface area contributed by atoms with Gasteiger partial charge in [-0.05, 0) is 44.2 Å². The quantitative estimate of drug-likeness (QED) is 0.791. The molecule has 0 aliphatic heterocycles. The summed E-state index contributed by atoms with van der Waals surface area (Å²) < 4.78 is 6.39. The van der Waals surface area contributed by atoms with Gasteiger partial charge in [0.25, 0.3) is 0 Å². The van der Waals surface area contributed by atoms with E-state index in [2.05, 4.69) is 5.32 Å². The summed E-state index contributed by atoms with van der Waals surface area (Å²) >= 11 is 13.6. The molecule has 19 heavy (non-hydrogen) atoms. The number of anilines is 1. The Morgan fingerprint density at radius 1 is 1.21 bits per heavy atom. The summed E-state index contributed by atoms with van der Waals surface area (Å²) in [5, 5.41) is 3.92. The average Bonchev–Trinajstić information content (AvgIpc) is 2.75. The lowest BCUT2D eigenvalue weighted by molar-refractivity contribution is 0.242. The van der Waals surface area contributed by atoms with Crippen molar-refractivity contribution in [3.05, 3.63) is 44.6 Å². The van der Waals surface area contributed by atoms with Crippen molar-refractivity contribution in [3.63, 3.8) is 0 Å². The molecule has 0 fully saturated rings. The first-order valence-electron chi connectivity index (χ1n) is 5.99. The first-order chi connectivity index (χ1) is 9.04. The van der Waals surface area contributed by atoms with E-state index in [1.165, 1.54) is 4.88 Å². The van der Waals surface area contributed by atoms with E-state index in [0.29, 0.717) is 10.8 Å². The molecule has 0 spiro atoms. The van der Waals surface area contributed by atoms with Gasteiger partial charge < -0.3 is 10.1 Å². The van der Waals surface area contributed by atoms with Gasteiger partial charge in [0.1, 0.15) is 5.75 Å². The number of benzene rings is 1. The zero-order valence-electron chi connectivity index (χ0n) is 10.7. The molecular formula is C14H15Cl2NOS. The van der Waals surface area contributed by atoms with Gasteiger partial charge in [0.05, 0.1) is 15.5 Å². The molecule has 1 heterocycles. The number of rotatable bonds is 5. The minimum absolute atomic E-state index is 0.115. The molecular weight excluding hydrogens is 301 g/mol. The molecule has 2 nitrogen and oxygen atoms in total. The van der Waals surface area contributed by atoms with Crippen LogP contribution in [0, 0.1) is 0 Å². The van der Waals surface area contributed by atoms with Crippen molar-refractivity contribution in [2.75, 3.05) is 5.32 Å². The second-order valence-corrected chi connectivity index (χ2v) is 6.58. The van der Waals surface area contributed by atoms with E-state index in [4.69, 9.17) is 27.9 Å². The molecule has 0 atom stereocenters. The molecule has 0 saturated heterocycles. The highest BCUT2D eigenvalue weighted by molar-refractivity contribution is 7.16. The van der Waals surface area contributed by atoms with E-state index < -0.39 is 0 Å². The Balaban J connectivity index is 1.99. The van der Waals surface area contributed by atoms with Crippen LogP contribution in [0.25, 0.3) is 0 Å². The van der Waals surface area contributed by atoms with Gasteiger partial charge in [-0.2, -0.15) is 0 Å². The van der Waals surface area contributed by atoms with Crippen molar-refractivity contribution in [1.29, 1.82) is 0 Å². The maximum atomic E-state index is 6.18. The van der Waals surface area contributed by atoms with Gasteiger partial charge in [0.15, 0.2) is 0 Å². The summed E-state index contributed by atoms with van der Waals surface area (Å²) in [6.07, 6.45) is 0.115. The molecule has 2 aromatic rings. The minimum Gasteiger partial charge on any atom is -0.489 e. The molecule has 1 N–H and O–H groups in total. The third-order valence-corrected chi connectivity index (χ3v) is 3.92. The summed E-state index contributed by atoms with van der Waals surface area (Å²) in [5.41, 5.74) is 0.964. The van der Waals surface area contributed by atoms with Crippen molar-refractivity contribution < 1.29 is 4.74 Å². The first kappa shape index (κ1) is 14.5. The second-order valence-electron chi connectivity index (χ2n) is 4.37. The van der Waals surface area contributed by atoms with Crippen LogP contribution in [0.5, 0.6) is 5.75 Å². The van der Waals surface area contributed by atoms with E-state index in [1.807, 2.05) is 44.2 Å². The van der Waals surface area contributed by atoms with Crippen molar-refractivity contribution >= 4 is 40.2 Å². The van der Waals surface area contributed by atoms with Gasteiger partial charge in [-0.1, -0.05) is 23.2 Å². The zero-order valence-corrected chi connectivity index (χ0v) is 13.1. The van der Waals surface area contributed by atoms with Gasteiger partial charge in [-0.15, -0.1) is 11.3 Å². The van der Waals surface area contributed by atoms with Crippen LogP contribution in [0.15, 0.2) is 30.3 Å². The largest absolute Gasteiger partial charge is 0.489 e. The summed E-state index contributed by atoms with van der Waals surface area (Å²) in [4.78, 5) is 1.18. The minimum atomic E-state index is 0.115. The highest BCUT2D eigenvalue weighted by atomic mass is 35.5. The van der Waals surface area contributed by atoms with E-state index in [0.717, 1.165) is 16.6 Å². The number of hydrogen-bond donors (Lipinski definition) is 1. The Morgan fingerprint density at radius 2 is 2.00 bits per heavy atom. The highest BCUT2D eigenvalue weighted by Gasteiger charge is 2.05. The molecule has 0 aliphatic carbocycles. The van der Waals surface area contributed by atoms with Crippen molar-refractivity contribution in [2.24, 2.45) is 0 Å². The lowest BCUT2D eigenvalue weighted by Gasteiger charge is -2.12. The zero-order chi connectivity index (χ0) is 13.8. The van der Waals surface area contributed by atoms with Crippen LogP contribution in [0.1, 0.15) is 18.7 Å². The number of hydrogen-bond acceptors (Lipinski definition) is 3. The number of halogens is 2. The van der Waals surface area contributed by atoms with Gasteiger partial charge in [0, 0.05) is 17.1 Å². The normalized spacial score (nSPS) is 10.8. The number of ether oxygens (including phenoxy) is 1. The second kappa shape index (κ2) is 6.51. The molecule has 0 aliphatic rings. The van der Waals surface area contributed by atoms with Crippen LogP contribution >= 0.6 is 34.5 Å². The molecule has 1 aromatic carbocycles. The lowest BCUT2D eigenvalue weighted by atomic mass is 10.3. The Hall–Kier alpha value is -0.900. The van der Waals surface area contributed by atoms with E-state index in [1.54, 1.807) is 11.3 Å². The number of thiophene rings is 1. The smallest absolute Gasteiger partial charge is 0.138 e. The summed E-state index contributed by atoms with van der Waals surface area (Å²) in [7, 11) is 0. The molecule has 0 unspecified atom stereocenters. The van der Waals surface area contributed by atoms with Gasteiger partial charge in [-0.3, -0.25) is 0 Å². The lowest BCUT2D eigenvalue weighted by Crippen LogP contribution is -2.06. The average molecular weight is 316 g/mol. The predicted octanol–water partition coefficient (Wildman–Crippen LogP) is 5.45. The highest BCUT2D eigenvalue weighted by Crippen LogP contribution is 2.29. The van der Waals surface area contributed by atoms with Crippen molar-refractivity contribution in [1.82, 2.24) is 0 Å². The van der Waals surface area contributed by atoms with Crippen LogP contribution < -0.4 is 10.1 Å². The van der Waals surface area contributed by atoms with E-state index in [9.17, 15) is 0 Å². The standard InChI is InChI=1S/C14H15Cl2NOS/c1-9(2)18-13-5-3-10(7-12(13)15)17-8-11-4-6-14(16)19-11/h3-7,9,17H,8H2,1-2H3. The number of nitrogens with one attached hydrogen (secondary N) is 1. The molecule has 0 amide bonds. The van der Waals surface area contributed by atoms with E-state index >= 15 is 0 Å². The monoisotopic (exact) mass is 315 g/mol. The maximum Gasteiger partial charge on any atom is 0.138 e. The summed E-state index contributed by atoms with van der Waals surface area (Å²) in [6.45, 7) is 4.68.